The topological polar surface area (TPSA) is 88.1 Å². The maximum absolute atomic E-state index is 13.7. The fourth-order valence-corrected chi connectivity index (χ4v) is 4.70. The van der Waals surface area contributed by atoms with Crippen LogP contribution in [0.3, 0.4) is 0 Å². The zero-order valence-corrected chi connectivity index (χ0v) is 19.9. The zero-order chi connectivity index (χ0) is 26.0. The number of amides is 1. The van der Waals surface area contributed by atoms with Gasteiger partial charge in [-0.3, -0.25) is 9.69 Å². The summed E-state index contributed by atoms with van der Waals surface area (Å²) < 4.78 is 50.8. The first-order valence-electron chi connectivity index (χ1n) is 11.8. The van der Waals surface area contributed by atoms with Crippen LogP contribution in [0.5, 0.6) is 5.75 Å². The lowest BCUT2D eigenvalue weighted by molar-refractivity contribution is -0.141. The molecule has 1 aliphatic heterocycles. The number of halogens is 3. The number of likely N-dealkylation sites (N-methyl/N-ethyl adjacent to an activating group) is 1. The Morgan fingerprint density at radius 3 is 2.28 bits per heavy atom. The second kappa shape index (κ2) is 10.1. The number of carbonyl (C=O) groups excluding carboxylic acids is 1. The van der Waals surface area contributed by atoms with Crippen LogP contribution in [0.25, 0.3) is 0 Å². The van der Waals surface area contributed by atoms with Crippen LogP contribution in [0.2, 0.25) is 0 Å². The van der Waals surface area contributed by atoms with Crippen molar-refractivity contribution in [3.63, 3.8) is 0 Å². The molecule has 0 unspecified atom stereocenters. The number of aromatic carboxylic acids is 1. The molecule has 7 nitrogen and oxygen atoms in total. The van der Waals surface area contributed by atoms with Gasteiger partial charge in [-0.2, -0.15) is 13.2 Å². The number of para-hydroxylation sites is 1. The van der Waals surface area contributed by atoms with Gasteiger partial charge >= 0.3 is 12.1 Å². The summed E-state index contributed by atoms with van der Waals surface area (Å²) in [5.41, 5.74) is -1.27. The number of carbonyl (C=O) groups is 2. The van der Waals surface area contributed by atoms with E-state index in [1.165, 1.54) is 30.3 Å². The van der Waals surface area contributed by atoms with Gasteiger partial charge in [0.2, 0.25) is 5.91 Å². The molecule has 0 spiro atoms. The van der Waals surface area contributed by atoms with Crippen molar-refractivity contribution in [2.24, 2.45) is 0 Å². The molecule has 194 valence electrons. The maximum atomic E-state index is 13.7. The third-order valence-electron chi connectivity index (χ3n) is 7.14. The first-order chi connectivity index (χ1) is 17.1. The molecule has 4 rings (SSSR count). The second-order valence-electron chi connectivity index (χ2n) is 9.33. The number of benzene rings is 2. The largest absolute Gasteiger partial charge is 0.492 e. The van der Waals surface area contributed by atoms with Gasteiger partial charge in [-0.15, -0.1) is 0 Å². The van der Waals surface area contributed by atoms with Crippen LogP contribution >= 0.6 is 0 Å². The number of nitrogens with one attached hydrogen (secondary N) is 1. The summed E-state index contributed by atoms with van der Waals surface area (Å²) in [4.78, 5) is 26.7. The van der Waals surface area contributed by atoms with E-state index in [0.717, 1.165) is 24.5 Å². The lowest BCUT2D eigenvalue weighted by Crippen LogP contribution is -2.62. The molecular formula is C26H29F3N2O5. The molecular weight excluding hydrogens is 477 g/mol. The molecule has 1 saturated carbocycles. The Bertz CT molecular complexity index is 1090. The molecule has 36 heavy (non-hydrogen) atoms. The summed E-state index contributed by atoms with van der Waals surface area (Å²) in [6, 6.07) is 11.6. The molecule has 2 fully saturated rings. The Kier molecular flexibility index (Phi) is 7.28. The number of ether oxygens (including phenoxy) is 2. The molecule has 1 saturated heterocycles. The first-order valence-corrected chi connectivity index (χ1v) is 11.8. The normalized spacial score (nSPS) is 18.5. The number of hydrogen-bond acceptors (Lipinski definition) is 5. The Balaban J connectivity index is 1.45. The average molecular weight is 507 g/mol. The van der Waals surface area contributed by atoms with E-state index in [4.69, 9.17) is 14.6 Å². The molecule has 0 aromatic heterocycles. The predicted octanol–water partition coefficient (Wildman–Crippen LogP) is 4.07. The van der Waals surface area contributed by atoms with E-state index >= 15 is 0 Å². The summed E-state index contributed by atoms with van der Waals surface area (Å²) in [6.45, 7) is 0.979. The van der Waals surface area contributed by atoms with Gasteiger partial charge in [0, 0.05) is 19.8 Å². The Hall–Kier alpha value is -3.11. The molecule has 10 heteroatoms. The summed E-state index contributed by atoms with van der Waals surface area (Å²) in [7, 11) is 1.77. The van der Waals surface area contributed by atoms with Gasteiger partial charge in [0.15, 0.2) is 0 Å². The lowest BCUT2D eigenvalue weighted by Gasteiger charge is -2.43. The van der Waals surface area contributed by atoms with Crippen molar-refractivity contribution in [2.45, 2.75) is 42.9 Å². The zero-order valence-electron chi connectivity index (χ0n) is 19.9. The van der Waals surface area contributed by atoms with Gasteiger partial charge in [0.05, 0.1) is 16.7 Å². The number of rotatable bonds is 9. The molecule has 0 radical (unpaired) electrons. The Morgan fingerprint density at radius 2 is 1.69 bits per heavy atom. The van der Waals surface area contributed by atoms with Crippen LogP contribution in [-0.2, 0) is 21.2 Å². The molecule has 1 amide bonds. The smallest absolute Gasteiger partial charge is 0.419 e. The van der Waals surface area contributed by atoms with Crippen molar-refractivity contribution in [1.82, 2.24) is 10.2 Å². The minimum absolute atomic E-state index is 0.0265. The van der Waals surface area contributed by atoms with Crippen LogP contribution in [0.15, 0.2) is 48.5 Å². The number of carboxylic acids is 1. The van der Waals surface area contributed by atoms with Crippen molar-refractivity contribution in [2.75, 3.05) is 33.4 Å². The van der Waals surface area contributed by atoms with Crippen molar-refractivity contribution in [3.05, 3.63) is 65.2 Å². The third kappa shape index (κ3) is 5.34. The average Bonchev–Trinajstić information content (AvgIpc) is 3.64. The highest BCUT2D eigenvalue weighted by Crippen LogP contribution is 2.46. The fourth-order valence-electron chi connectivity index (χ4n) is 4.70. The molecule has 1 heterocycles. The predicted molar refractivity (Wildman–Crippen MR) is 125 cm³/mol. The van der Waals surface area contributed by atoms with Crippen LogP contribution in [0.1, 0.15) is 47.2 Å². The minimum Gasteiger partial charge on any atom is -0.492 e. The summed E-state index contributed by atoms with van der Waals surface area (Å²) >= 11 is 0. The van der Waals surface area contributed by atoms with Crippen molar-refractivity contribution in [3.8, 4) is 5.75 Å². The highest BCUT2D eigenvalue weighted by Gasteiger charge is 2.51. The number of nitrogens with zero attached hydrogens (tertiary/aromatic N) is 1. The Labute approximate surface area is 207 Å². The van der Waals surface area contributed by atoms with E-state index in [0.29, 0.717) is 26.1 Å². The molecule has 2 aromatic rings. The SMILES string of the molecule is CN(CCOc1ccccc1C(F)(F)F)C1(C(=O)NC2(c3ccc(C(=O)O)cc3)CC2)CCOCC1. The van der Waals surface area contributed by atoms with Crippen molar-refractivity contribution in [1.29, 1.82) is 0 Å². The standard InChI is InChI=1S/C26H29F3N2O5/c1-31(14-17-36-21-5-3-2-4-20(21)26(27,28)29)25(12-15-35-16-13-25)23(34)30-24(10-11-24)19-8-6-18(7-9-19)22(32)33/h2-9H,10-17H2,1H3,(H,30,34)(H,32,33). The van der Waals surface area contributed by atoms with Gasteiger partial charge < -0.3 is 19.9 Å². The van der Waals surface area contributed by atoms with Crippen LogP contribution in [-0.4, -0.2) is 60.8 Å². The Morgan fingerprint density at radius 1 is 1.06 bits per heavy atom. The molecule has 2 aliphatic rings. The van der Waals surface area contributed by atoms with Crippen LogP contribution in [0, 0.1) is 0 Å². The van der Waals surface area contributed by atoms with E-state index in [1.807, 2.05) is 4.90 Å². The number of hydrogen-bond donors (Lipinski definition) is 2. The third-order valence-corrected chi connectivity index (χ3v) is 7.14. The van der Waals surface area contributed by atoms with Crippen molar-refractivity contribution >= 4 is 11.9 Å². The van der Waals surface area contributed by atoms with Gasteiger partial charge in [-0.25, -0.2) is 4.79 Å². The molecule has 0 atom stereocenters. The quantitative estimate of drug-likeness (QED) is 0.533. The van der Waals surface area contributed by atoms with E-state index in [9.17, 15) is 22.8 Å². The van der Waals surface area contributed by atoms with Gasteiger partial charge in [-0.1, -0.05) is 24.3 Å². The summed E-state index contributed by atoms with van der Waals surface area (Å²) in [5, 5.41) is 12.3. The van der Waals surface area contributed by atoms with E-state index in [2.05, 4.69) is 5.32 Å². The molecule has 0 bridgehead atoms. The number of carboxylic acid groups (broad SMARTS) is 1. The lowest BCUT2D eigenvalue weighted by atomic mass is 9.86. The molecule has 2 N–H and O–H groups in total. The van der Waals surface area contributed by atoms with Gasteiger partial charge in [0.25, 0.3) is 0 Å². The van der Waals surface area contributed by atoms with Gasteiger partial charge in [0.1, 0.15) is 17.9 Å². The molecule has 2 aromatic carbocycles. The monoisotopic (exact) mass is 506 g/mol. The molecule has 1 aliphatic carbocycles. The number of alkyl halides is 3. The van der Waals surface area contributed by atoms with Crippen LogP contribution < -0.4 is 10.1 Å². The maximum Gasteiger partial charge on any atom is 0.419 e. The highest BCUT2D eigenvalue weighted by molar-refractivity contribution is 5.88. The first kappa shape index (κ1) is 26.0. The minimum atomic E-state index is -4.52. The fraction of sp³-hybridized carbons (Fsp3) is 0.462. The van der Waals surface area contributed by atoms with E-state index < -0.39 is 28.8 Å². The van der Waals surface area contributed by atoms with Gasteiger partial charge in [-0.05, 0) is 62.6 Å². The summed E-state index contributed by atoms with van der Waals surface area (Å²) in [5.74, 6) is -1.44. The van der Waals surface area contributed by atoms with E-state index in [1.54, 1.807) is 19.2 Å². The van der Waals surface area contributed by atoms with E-state index in [-0.39, 0.29) is 30.4 Å². The van der Waals surface area contributed by atoms with Crippen molar-refractivity contribution < 1.29 is 37.3 Å². The van der Waals surface area contributed by atoms with Crippen LogP contribution in [0.4, 0.5) is 13.2 Å². The second-order valence-corrected chi connectivity index (χ2v) is 9.33. The highest BCUT2D eigenvalue weighted by atomic mass is 19.4. The summed E-state index contributed by atoms with van der Waals surface area (Å²) in [6.07, 6.45) is -2.19.